The number of nitrogens with zero attached hydrogens (tertiary/aromatic N) is 1. The maximum Gasteiger partial charge on any atom is 0.129 e. The molecule has 0 aliphatic rings. The van der Waals surface area contributed by atoms with Gasteiger partial charge in [-0.05, 0) is 26.0 Å². The topological polar surface area (TPSA) is 42.4 Å². The molecule has 0 atom stereocenters. The van der Waals surface area contributed by atoms with Crippen LogP contribution in [0.5, 0.6) is 5.75 Å². The second-order valence-electron chi connectivity index (χ2n) is 3.96. The van der Waals surface area contributed by atoms with Crippen molar-refractivity contribution >= 4 is 11.3 Å². The molecule has 2 rings (SSSR count). The second kappa shape index (κ2) is 5.29. The predicted molar refractivity (Wildman–Crippen MR) is 69.2 cm³/mol. The van der Waals surface area contributed by atoms with E-state index < -0.39 is 0 Å². The Kier molecular flexibility index (Phi) is 3.76. The summed E-state index contributed by atoms with van der Waals surface area (Å²) in [7, 11) is 0. The maximum absolute atomic E-state index is 9.03. The van der Waals surface area contributed by atoms with E-state index in [0.717, 1.165) is 16.3 Å². The van der Waals surface area contributed by atoms with E-state index in [1.54, 1.807) is 0 Å². The Morgan fingerprint density at radius 2 is 2.12 bits per heavy atom. The van der Waals surface area contributed by atoms with Crippen LogP contribution in [-0.4, -0.2) is 16.2 Å². The number of benzene rings is 1. The van der Waals surface area contributed by atoms with Gasteiger partial charge in [-0.15, -0.1) is 11.3 Å². The fourth-order valence-corrected chi connectivity index (χ4v) is 2.34. The van der Waals surface area contributed by atoms with Gasteiger partial charge in [0.1, 0.15) is 10.8 Å². The monoisotopic (exact) mass is 249 g/mol. The Balaban J connectivity index is 2.36. The summed E-state index contributed by atoms with van der Waals surface area (Å²) >= 11 is 1.52. The van der Waals surface area contributed by atoms with Crippen molar-refractivity contribution in [1.82, 2.24) is 4.98 Å². The van der Waals surface area contributed by atoms with Crippen molar-refractivity contribution in [3.63, 3.8) is 0 Å². The van der Waals surface area contributed by atoms with Gasteiger partial charge in [0, 0.05) is 5.38 Å². The minimum Gasteiger partial charge on any atom is -0.490 e. The van der Waals surface area contributed by atoms with Crippen molar-refractivity contribution in [2.45, 2.75) is 26.6 Å². The average Bonchev–Trinajstić information content (AvgIpc) is 2.77. The summed E-state index contributed by atoms with van der Waals surface area (Å²) in [6.07, 6.45) is 0.133. The zero-order valence-electron chi connectivity index (χ0n) is 9.88. The summed E-state index contributed by atoms with van der Waals surface area (Å²) in [5.41, 5.74) is 1.68. The van der Waals surface area contributed by atoms with E-state index in [1.165, 1.54) is 11.3 Å². The van der Waals surface area contributed by atoms with Crippen LogP contribution in [-0.2, 0) is 6.61 Å². The van der Waals surface area contributed by atoms with Gasteiger partial charge in [0.05, 0.1) is 24.0 Å². The fraction of sp³-hybridized carbons (Fsp3) is 0.308. The highest BCUT2D eigenvalue weighted by molar-refractivity contribution is 7.13. The van der Waals surface area contributed by atoms with Gasteiger partial charge < -0.3 is 9.84 Å². The Morgan fingerprint density at radius 3 is 2.76 bits per heavy atom. The predicted octanol–water partition coefficient (Wildman–Crippen LogP) is 3.09. The van der Waals surface area contributed by atoms with Crippen LogP contribution in [0.15, 0.2) is 29.6 Å². The highest BCUT2D eigenvalue weighted by Crippen LogP contribution is 2.32. The molecule has 1 aromatic heterocycles. The molecular weight excluding hydrogens is 234 g/mol. The first-order valence-electron chi connectivity index (χ1n) is 5.52. The van der Waals surface area contributed by atoms with Gasteiger partial charge in [-0.1, -0.05) is 12.1 Å². The Bertz CT molecular complexity index is 494. The standard InChI is InChI=1S/C13H15NO2S/c1-9(2)16-12-6-4-3-5-11(12)13-14-10(7-15)8-17-13/h3-6,8-9,15H,7H2,1-2H3. The molecule has 0 spiro atoms. The number of thiazole rings is 1. The van der Waals surface area contributed by atoms with Gasteiger partial charge in [0.15, 0.2) is 0 Å². The maximum atomic E-state index is 9.03. The molecule has 0 bridgehead atoms. The summed E-state index contributed by atoms with van der Waals surface area (Å²) in [4.78, 5) is 4.36. The van der Waals surface area contributed by atoms with Crippen LogP contribution in [0, 0.1) is 0 Å². The minimum atomic E-state index is -0.0241. The molecular formula is C13H15NO2S. The smallest absolute Gasteiger partial charge is 0.129 e. The van der Waals surface area contributed by atoms with E-state index in [-0.39, 0.29) is 12.7 Å². The summed E-state index contributed by atoms with van der Waals surface area (Å²) in [6, 6.07) is 7.83. The van der Waals surface area contributed by atoms with E-state index in [2.05, 4.69) is 4.98 Å². The van der Waals surface area contributed by atoms with Crippen molar-refractivity contribution in [3.05, 3.63) is 35.3 Å². The Hall–Kier alpha value is -1.39. The molecule has 0 aliphatic heterocycles. The third-order valence-electron chi connectivity index (χ3n) is 2.19. The number of rotatable bonds is 4. The molecule has 0 saturated heterocycles. The molecule has 17 heavy (non-hydrogen) atoms. The number of aromatic nitrogens is 1. The number of para-hydroxylation sites is 1. The summed E-state index contributed by atoms with van der Waals surface area (Å²) in [6.45, 7) is 3.97. The van der Waals surface area contributed by atoms with Crippen molar-refractivity contribution in [2.24, 2.45) is 0 Å². The molecule has 0 saturated carbocycles. The van der Waals surface area contributed by atoms with E-state index in [0.29, 0.717) is 5.69 Å². The highest BCUT2D eigenvalue weighted by Gasteiger charge is 2.10. The molecule has 3 nitrogen and oxygen atoms in total. The van der Waals surface area contributed by atoms with E-state index in [1.807, 2.05) is 43.5 Å². The largest absolute Gasteiger partial charge is 0.490 e. The van der Waals surface area contributed by atoms with Crippen LogP contribution < -0.4 is 4.74 Å². The SMILES string of the molecule is CC(C)Oc1ccccc1-c1nc(CO)cs1. The number of ether oxygens (including phenoxy) is 1. The average molecular weight is 249 g/mol. The Morgan fingerprint density at radius 1 is 1.35 bits per heavy atom. The first kappa shape index (κ1) is 12.1. The van der Waals surface area contributed by atoms with Crippen LogP contribution in [0.25, 0.3) is 10.6 Å². The number of aliphatic hydroxyl groups is 1. The van der Waals surface area contributed by atoms with Gasteiger partial charge in [-0.2, -0.15) is 0 Å². The molecule has 1 N–H and O–H groups in total. The third-order valence-corrected chi connectivity index (χ3v) is 3.12. The van der Waals surface area contributed by atoms with E-state index in [4.69, 9.17) is 9.84 Å². The summed E-state index contributed by atoms with van der Waals surface area (Å²) in [5, 5.41) is 11.8. The quantitative estimate of drug-likeness (QED) is 0.905. The van der Waals surface area contributed by atoms with Crippen LogP contribution in [0.1, 0.15) is 19.5 Å². The molecule has 1 aromatic carbocycles. The van der Waals surface area contributed by atoms with Crippen molar-refractivity contribution in [1.29, 1.82) is 0 Å². The molecule has 0 radical (unpaired) electrons. The lowest BCUT2D eigenvalue weighted by molar-refractivity contribution is 0.243. The zero-order valence-corrected chi connectivity index (χ0v) is 10.7. The van der Waals surface area contributed by atoms with Gasteiger partial charge >= 0.3 is 0 Å². The lowest BCUT2D eigenvalue weighted by Crippen LogP contribution is -2.06. The minimum absolute atomic E-state index is 0.0241. The molecule has 1 heterocycles. The van der Waals surface area contributed by atoms with Gasteiger partial charge in [-0.25, -0.2) is 4.98 Å². The Labute approximate surface area is 105 Å². The first-order chi connectivity index (χ1) is 8.20. The van der Waals surface area contributed by atoms with Crippen LogP contribution >= 0.6 is 11.3 Å². The van der Waals surface area contributed by atoms with Crippen molar-refractivity contribution < 1.29 is 9.84 Å². The highest BCUT2D eigenvalue weighted by atomic mass is 32.1. The molecule has 90 valence electrons. The van der Waals surface area contributed by atoms with Crippen molar-refractivity contribution in [3.8, 4) is 16.3 Å². The van der Waals surface area contributed by atoms with E-state index >= 15 is 0 Å². The lowest BCUT2D eigenvalue weighted by atomic mass is 10.2. The van der Waals surface area contributed by atoms with E-state index in [9.17, 15) is 0 Å². The summed E-state index contributed by atoms with van der Waals surface area (Å²) in [5.74, 6) is 0.835. The molecule has 2 aromatic rings. The van der Waals surface area contributed by atoms with Crippen molar-refractivity contribution in [2.75, 3.05) is 0 Å². The molecule has 0 unspecified atom stereocenters. The number of aliphatic hydroxyl groups excluding tert-OH is 1. The van der Waals surface area contributed by atoms with Gasteiger partial charge in [0.2, 0.25) is 0 Å². The summed E-state index contributed by atoms with van der Waals surface area (Å²) < 4.78 is 5.75. The zero-order chi connectivity index (χ0) is 12.3. The number of hydrogen-bond donors (Lipinski definition) is 1. The molecule has 0 aliphatic carbocycles. The van der Waals surface area contributed by atoms with Crippen LogP contribution in [0.2, 0.25) is 0 Å². The van der Waals surface area contributed by atoms with Gasteiger partial charge in [0.25, 0.3) is 0 Å². The van der Waals surface area contributed by atoms with Crippen LogP contribution in [0.4, 0.5) is 0 Å². The third kappa shape index (κ3) is 2.84. The first-order valence-corrected chi connectivity index (χ1v) is 6.40. The number of hydrogen-bond acceptors (Lipinski definition) is 4. The molecule has 4 heteroatoms. The molecule has 0 fully saturated rings. The second-order valence-corrected chi connectivity index (χ2v) is 4.82. The normalized spacial score (nSPS) is 10.8. The van der Waals surface area contributed by atoms with Crippen LogP contribution in [0.3, 0.4) is 0 Å². The fourth-order valence-electron chi connectivity index (χ4n) is 1.50. The molecule has 0 amide bonds. The van der Waals surface area contributed by atoms with Gasteiger partial charge in [-0.3, -0.25) is 0 Å². The lowest BCUT2D eigenvalue weighted by Gasteiger charge is -2.12.